The standard InChI is InChI=1S/C19H30N4O3.ClH/c1-2-12-5-7-19(8-6-12)17(25)23(18(26)21-19)11-16(24)22-9-13-3-4-15(20)14(13)10-22;/h12-15H,2-11,20H2,1H3,(H,21,26);1H. The molecule has 0 aromatic rings. The third kappa shape index (κ3) is 3.44. The van der Waals surface area contributed by atoms with E-state index in [1.165, 1.54) is 0 Å². The Hall–Kier alpha value is -1.34. The van der Waals surface area contributed by atoms with Crippen LogP contribution >= 0.6 is 12.4 Å². The minimum Gasteiger partial charge on any atom is -0.341 e. The number of hydrogen-bond acceptors (Lipinski definition) is 4. The van der Waals surface area contributed by atoms with Crippen LogP contribution in [0.25, 0.3) is 0 Å². The molecule has 2 saturated heterocycles. The van der Waals surface area contributed by atoms with E-state index in [1.54, 1.807) is 4.90 Å². The van der Waals surface area contributed by atoms with Crippen molar-refractivity contribution in [2.75, 3.05) is 19.6 Å². The summed E-state index contributed by atoms with van der Waals surface area (Å²) in [7, 11) is 0. The maximum atomic E-state index is 12.9. The molecule has 3 atom stereocenters. The Kier molecular flexibility index (Phi) is 5.73. The molecule has 4 rings (SSSR count). The number of halogens is 1. The average molecular weight is 399 g/mol. The highest BCUT2D eigenvalue weighted by atomic mass is 35.5. The maximum absolute atomic E-state index is 12.9. The minimum absolute atomic E-state index is 0. The number of urea groups is 1. The van der Waals surface area contributed by atoms with Crippen molar-refractivity contribution in [3.63, 3.8) is 0 Å². The van der Waals surface area contributed by atoms with Gasteiger partial charge in [0.05, 0.1) is 0 Å². The third-order valence-corrected chi connectivity index (χ3v) is 7.34. The number of fused-ring (bicyclic) bond motifs is 1. The Labute approximate surface area is 166 Å². The fraction of sp³-hybridized carbons (Fsp3) is 0.842. The second-order valence-electron chi connectivity index (χ2n) is 8.72. The zero-order chi connectivity index (χ0) is 18.5. The first-order chi connectivity index (χ1) is 12.4. The number of imide groups is 1. The molecule has 3 unspecified atom stereocenters. The molecule has 2 heterocycles. The molecule has 152 valence electrons. The Bertz CT molecular complexity index is 620. The Balaban J connectivity index is 0.00000210. The van der Waals surface area contributed by atoms with Crippen LogP contribution in [0.4, 0.5) is 4.79 Å². The molecule has 1 spiro atoms. The van der Waals surface area contributed by atoms with Gasteiger partial charge in [0.2, 0.25) is 5.91 Å². The van der Waals surface area contributed by atoms with Crippen LogP contribution in [0.2, 0.25) is 0 Å². The molecule has 4 amide bonds. The van der Waals surface area contributed by atoms with Gasteiger partial charge in [0.1, 0.15) is 12.1 Å². The average Bonchev–Trinajstić information content (AvgIpc) is 3.27. The van der Waals surface area contributed by atoms with Crippen LogP contribution in [0.3, 0.4) is 0 Å². The van der Waals surface area contributed by atoms with Crippen LogP contribution in [-0.4, -0.2) is 58.9 Å². The molecule has 27 heavy (non-hydrogen) atoms. The van der Waals surface area contributed by atoms with Crippen LogP contribution in [0.15, 0.2) is 0 Å². The van der Waals surface area contributed by atoms with Crippen LogP contribution in [0.5, 0.6) is 0 Å². The van der Waals surface area contributed by atoms with E-state index in [1.807, 2.05) is 0 Å². The van der Waals surface area contributed by atoms with Crippen molar-refractivity contribution in [1.29, 1.82) is 0 Å². The lowest BCUT2D eigenvalue weighted by Gasteiger charge is -2.34. The number of nitrogens with zero attached hydrogens (tertiary/aromatic N) is 2. The molecule has 0 aromatic heterocycles. The van der Waals surface area contributed by atoms with Crippen LogP contribution in [-0.2, 0) is 9.59 Å². The molecular formula is C19H31ClN4O3. The van der Waals surface area contributed by atoms with Crippen molar-refractivity contribution in [1.82, 2.24) is 15.1 Å². The molecular weight excluding hydrogens is 368 g/mol. The van der Waals surface area contributed by atoms with E-state index in [0.29, 0.717) is 43.7 Å². The number of nitrogens with two attached hydrogens (primary N) is 1. The van der Waals surface area contributed by atoms with Gasteiger partial charge >= 0.3 is 6.03 Å². The molecule has 3 N–H and O–H groups in total. The van der Waals surface area contributed by atoms with Crippen LogP contribution in [0.1, 0.15) is 51.9 Å². The predicted octanol–water partition coefficient (Wildman–Crippen LogP) is 1.49. The molecule has 2 saturated carbocycles. The van der Waals surface area contributed by atoms with Crippen molar-refractivity contribution in [3.05, 3.63) is 0 Å². The SMILES string of the molecule is CCC1CCC2(CC1)NC(=O)N(CC(=O)N1CC3CCC(N)C3C1)C2=O.Cl. The monoisotopic (exact) mass is 398 g/mol. The molecule has 0 radical (unpaired) electrons. The van der Waals surface area contributed by atoms with Crippen LogP contribution in [0, 0.1) is 17.8 Å². The highest BCUT2D eigenvalue weighted by Gasteiger charge is 2.53. The lowest BCUT2D eigenvalue weighted by Crippen LogP contribution is -2.50. The summed E-state index contributed by atoms with van der Waals surface area (Å²) in [5.74, 6) is 1.15. The van der Waals surface area contributed by atoms with Crippen molar-refractivity contribution in [2.45, 2.75) is 63.5 Å². The smallest absolute Gasteiger partial charge is 0.325 e. The first-order valence-corrected chi connectivity index (χ1v) is 10.1. The Morgan fingerprint density at radius 1 is 1.19 bits per heavy atom. The largest absolute Gasteiger partial charge is 0.341 e. The topological polar surface area (TPSA) is 95.7 Å². The molecule has 2 aliphatic heterocycles. The van der Waals surface area contributed by atoms with E-state index < -0.39 is 11.6 Å². The van der Waals surface area contributed by atoms with E-state index >= 15 is 0 Å². The van der Waals surface area contributed by atoms with Gasteiger partial charge in [-0.2, -0.15) is 0 Å². The summed E-state index contributed by atoms with van der Waals surface area (Å²) in [6.45, 7) is 3.40. The van der Waals surface area contributed by atoms with Gasteiger partial charge in [0.25, 0.3) is 5.91 Å². The second-order valence-corrected chi connectivity index (χ2v) is 8.72. The van der Waals surface area contributed by atoms with Gasteiger partial charge in [-0.25, -0.2) is 4.79 Å². The molecule has 0 bridgehead atoms. The first kappa shape index (κ1) is 20.4. The summed E-state index contributed by atoms with van der Waals surface area (Å²) < 4.78 is 0. The molecule has 4 aliphatic rings. The summed E-state index contributed by atoms with van der Waals surface area (Å²) in [6.07, 6.45) is 6.49. The predicted molar refractivity (Wildman–Crippen MR) is 103 cm³/mol. The maximum Gasteiger partial charge on any atom is 0.325 e. The molecule has 4 fully saturated rings. The second kappa shape index (κ2) is 7.59. The molecule has 7 nitrogen and oxygen atoms in total. The number of carbonyl (C=O) groups is 3. The number of amides is 4. The van der Waals surface area contributed by atoms with E-state index in [-0.39, 0.29) is 36.8 Å². The van der Waals surface area contributed by atoms with Crippen molar-refractivity contribution in [3.8, 4) is 0 Å². The van der Waals surface area contributed by atoms with E-state index in [4.69, 9.17) is 5.73 Å². The summed E-state index contributed by atoms with van der Waals surface area (Å²) >= 11 is 0. The van der Waals surface area contributed by atoms with Crippen LogP contribution < -0.4 is 11.1 Å². The van der Waals surface area contributed by atoms with Crippen molar-refractivity contribution >= 4 is 30.3 Å². The zero-order valence-electron chi connectivity index (χ0n) is 16.0. The molecule has 8 heteroatoms. The summed E-state index contributed by atoms with van der Waals surface area (Å²) in [6, 6.07) is -0.235. The van der Waals surface area contributed by atoms with Gasteiger partial charge in [-0.3, -0.25) is 14.5 Å². The van der Waals surface area contributed by atoms with E-state index in [2.05, 4.69) is 12.2 Å². The third-order valence-electron chi connectivity index (χ3n) is 7.34. The fourth-order valence-corrected chi connectivity index (χ4v) is 5.48. The summed E-state index contributed by atoms with van der Waals surface area (Å²) in [5.41, 5.74) is 5.37. The lowest BCUT2D eigenvalue weighted by atomic mass is 9.75. The van der Waals surface area contributed by atoms with Gasteiger partial charge in [-0.05, 0) is 56.3 Å². The van der Waals surface area contributed by atoms with Gasteiger partial charge in [0, 0.05) is 19.1 Å². The van der Waals surface area contributed by atoms with Gasteiger partial charge in [0.15, 0.2) is 0 Å². The van der Waals surface area contributed by atoms with Gasteiger partial charge in [-0.15, -0.1) is 12.4 Å². The molecule has 0 aromatic carbocycles. The number of carbonyl (C=O) groups excluding carboxylic acids is 3. The van der Waals surface area contributed by atoms with E-state index in [9.17, 15) is 14.4 Å². The lowest BCUT2D eigenvalue weighted by molar-refractivity contribution is -0.139. The van der Waals surface area contributed by atoms with Gasteiger partial charge in [-0.1, -0.05) is 13.3 Å². The minimum atomic E-state index is -0.771. The fourth-order valence-electron chi connectivity index (χ4n) is 5.48. The number of nitrogens with one attached hydrogen (secondary N) is 1. The normalized spacial score (nSPS) is 38.1. The number of hydrogen-bond donors (Lipinski definition) is 2. The highest BCUT2D eigenvalue weighted by molar-refractivity contribution is 6.09. The van der Waals surface area contributed by atoms with Crippen molar-refractivity contribution in [2.24, 2.45) is 23.5 Å². The zero-order valence-corrected chi connectivity index (χ0v) is 16.8. The number of rotatable bonds is 3. The number of likely N-dealkylation sites (tertiary alicyclic amines) is 1. The quantitative estimate of drug-likeness (QED) is 0.704. The summed E-state index contributed by atoms with van der Waals surface area (Å²) in [4.78, 5) is 41.0. The van der Waals surface area contributed by atoms with E-state index in [0.717, 1.165) is 37.0 Å². The first-order valence-electron chi connectivity index (χ1n) is 10.1. The highest BCUT2D eigenvalue weighted by Crippen LogP contribution is 2.39. The van der Waals surface area contributed by atoms with Gasteiger partial charge < -0.3 is 16.0 Å². The Morgan fingerprint density at radius 2 is 1.89 bits per heavy atom. The summed E-state index contributed by atoms with van der Waals surface area (Å²) in [5, 5.41) is 2.90. The molecule has 2 aliphatic carbocycles. The van der Waals surface area contributed by atoms with Crippen molar-refractivity contribution < 1.29 is 14.4 Å². The Morgan fingerprint density at radius 3 is 2.52 bits per heavy atom.